The van der Waals surface area contributed by atoms with Crippen LogP contribution in [0.25, 0.3) is 10.9 Å². The maximum atomic E-state index is 13.0. The van der Waals surface area contributed by atoms with E-state index in [4.69, 9.17) is 14.7 Å². The van der Waals surface area contributed by atoms with Gasteiger partial charge >= 0.3 is 0 Å². The molecule has 0 N–H and O–H groups in total. The number of likely N-dealkylation sites (N-methyl/N-ethyl adjacent to an activating group) is 1. The lowest BCUT2D eigenvalue weighted by Gasteiger charge is -2.34. The van der Waals surface area contributed by atoms with Gasteiger partial charge in [0.05, 0.1) is 17.3 Å². The molecule has 1 amide bonds. The molecule has 31 heavy (non-hydrogen) atoms. The molecule has 0 unspecified atom stereocenters. The van der Waals surface area contributed by atoms with E-state index >= 15 is 0 Å². The first kappa shape index (κ1) is 20.7. The number of piperidine rings is 1. The number of rotatable bonds is 4. The predicted octanol–water partition coefficient (Wildman–Crippen LogP) is 3.67. The monoisotopic (exact) mass is 422 g/mol. The molecule has 3 aliphatic rings. The zero-order chi connectivity index (χ0) is 21.4. The number of aryl methyl sites for hydroxylation is 3. The average Bonchev–Trinajstić information content (AvgIpc) is 3.25. The second-order valence-corrected chi connectivity index (χ2v) is 9.57. The minimum absolute atomic E-state index is 0.0923. The van der Waals surface area contributed by atoms with E-state index in [-0.39, 0.29) is 17.9 Å². The highest BCUT2D eigenvalue weighted by molar-refractivity contribution is 5.84. The molecule has 2 fully saturated rings. The quantitative estimate of drug-likeness (QED) is 0.752. The summed E-state index contributed by atoms with van der Waals surface area (Å²) < 4.78 is 5.82. The van der Waals surface area contributed by atoms with Crippen molar-refractivity contribution in [1.29, 1.82) is 0 Å². The molecule has 0 saturated carbocycles. The van der Waals surface area contributed by atoms with E-state index in [0.717, 1.165) is 75.5 Å². The maximum absolute atomic E-state index is 13.0. The van der Waals surface area contributed by atoms with Gasteiger partial charge in [-0.1, -0.05) is 0 Å². The molecule has 2 aliphatic heterocycles. The fourth-order valence-corrected chi connectivity index (χ4v) is 5.46. The lowest BCUT2D eigenvalue weighted by atomic mass is 9.95. The average molecular weight is 423 g/mol. The maximum Gasteiger partial charge on any atom is 0.226 e. The van der Waals surface area contributed by atoms with Crippen LogP contribution in [-0.2, 0) is 22.4 Å². The molecule has 1 atom stereocenters. The Morgan fingerprint density at radius 2 is 1.87 bits per heavy atom. The van der Waals surface area contributed by atoms with Crippen LogP contribution in [0.2, 0.25) is 0 Å². The fraction of sp³-hybridized carbons (Fsp3) is 0.640. The second kappa shape index (κ2) is 8.73. The first-order valence-corrected chi connectivity index (χ1v) is 12.0. The van der Waals surface area contributed by atoms with E-state index in [1.165, 1.54) is 35.8 Å². The Hall–Kier alpha value is -2.21. The van der Waals surface area contributed by atoms with Gasteiger partial charge in [-0.15, -0.1) is 0 Å². The topological polar surface area (TPSA) is 58.6 Å². The van der Waals surface area contributed by atoms with Crippen LogP contribution >= 0.6 is 0 Å². The van der Waals surface area contributed by atoms with E-state index < -0.39 is 0 Å². The molecule has 166 valence electrons. The molecule has 0 bridgehead atoms. The molecular formula is C25H34N4O2. The van der Waals surface area contributed by atoms with Crippen LogP contribution in [0.5, 0.6) is 0 Å². The summed E-state index contributed by atoms with van der Waals surface area (Å²) in [5, 5.41) is 1.18. The number of hydrogen-bond acceptors (Lipinski definition) is 5. The van der Waals surface area contributed by atoms with E-state index in [0.29, 0.717) is 0 Å². The summed E-state index contributed by atoms with van der Waals surface area (Å²) in [7, 11) is 1.93. The van der Waals surface area contributed by atoms with Gasteiger partial charge in [0, 0.05) is 44.6 Å². The van der Waals surface area contributed by atoms with E-state index in [1.807, 2.05) is 11.9 Å². The molecule has 2 aromatic rings. The Morgan fingerprint density at radius 1 is 1.10 bits per heavy atom. The normalized spacial score (nSPS) is 22.0. The minimum Gasteiger partial charge on any atom is -0.376 e. The van der Waals surface area contributed by atoms with Crippen LogP contribution < -0.4 is 4.90 Å². The Bertz CT molecular complexity index is 962. The lowest BCUT2D eigenvalue weighted by Crippen LogP contribution is -2.44. The van der Waals surface area contributed by atoms with Crippen LogP contribution in [0, 0.1) is 12.8 Å². The summed E-state index contributed by atoms with van der Waals surface area (Å²) >= 11 is 0. The van der Waals surface area contributed by atoms with Crippen molar-refractivity contribution in [2.45, 2.75) is 64.4 Å². The third-order valence-electron chi connectivity index (χ3n) is 7.34. The number of carbonyl (C=O) groups is 1. The highest BCUT2D eigenvalue weighted by Crippen LogP contribution is 2.30. The Kier molecular flexibility index (Phi) is 5.83. The van der Waals surface area contributed by atoms with Crippen molar-refractivity contribution in [3.05, 3.63) is 29.0 Å². The van der Waals surface area contributed by atoms with E-state index in [2.05, 4.69) is 24.0 Å². The second-order valence-electron chi connectivity index (χ2n) is 9.57. The zero-order valence-electron chi connectivity index (χ0n) is 18.9. The fourth-order valence-electron chi connectivity index (χ4n) is 5.46. The van der Waals surface area contributed by atoms with Gasteiger partial charge in [0.1, 0.15) is 0 Å². The van der Waals surface area contributed by atoms with Gasteiger partial charge in [0.15, 0.2) is 0 Å². The Balaban J connectivity index is 1.23. The number of aromatic nitrogens is 2. The summed E-state index contributed by atoms with van der Waals surface area (Å²) in [5.74, 6) is 1.17. The molecule has 1 aliphatic carbocycles. The first-order valence-electron chi connectivity index (χ1n) is 12.0. The molecule has 1 aromatic carbocycles. The van der Waals surface area contributed by atoms with Gasteiger partial charge in [0.2, 0.25) is 11.9 Å². The highest BCUT2D eigenvalue weighted by atomic mass is 16.5. The number of ether oxygens (including phenoxy) is 1. The van der Waals surface area contributed by atoms with Gasteiger partial charge in [-0.2, -0.15) is 0 Å². The van der Waals surface area contributed by atoms with Crippen molar-refractivity contribution in [2.24, 2.45) is 5.92 Å². The van der Waals surface area contributed by atoms with Crippen LogP contribution in [-0.4, -0.2) is 60.2 Å². The Labute approximate surface area is 185 Å². The van der Waals surface area contributed by atoms with Gasteiger partial charge in [-0.05, 0) is 81.5 Å². The number of benzene rings is 1. The summed E-state index contributed by atoms with van der Waals surface area (Å²) in [6, 6.07) is 4.57. The summed E-state index contributed by atoms with van der Waals surface area (Å²) in [6.45, 7) is 5.31. The highest BCUT2D eigenvalue weighted by Gasteiger charge is 2.30. The van der Waals surface area contributed by atoms with Crippen LogP contribution in [0.3, 0.4) is 0 Å². The largest absolute Gasteiger partial charge is 0.376 e. The van der Waals surface area contributed by atoms with Crippen LogP contribution in [0.15, 0.2) is 12.1 Å². The molecule has 2 saturated heterocycles. The van der Waals surface area contributed by atoms with Gasteiger partial charge < -0.3 is 14.5 Å². The van der Waals surface area contributed by atoms with Crippen molar-refractivity contribution in [1.82, 2.24) is 14.9 Å². The molecule has 1 aromatic heterocycles. The first-order chi connectivity index (χ1) is 15.1. The van der Waals surface area contributed by atoms with Crippen LogP contribution in [0.4, 0.5) is 5.95 Å². The lowest BCUT2D eigenvalue weighted by molar-refractivity contribution is -0.137. The van der Waals surface area contributed by atoms with E-state index in [1.54, 1.807) is 0 Å². The molecule has 6 heteroatoms. The van der Waals surface area contributed by atoms with Crippen molar-refractivity contribution in [3.8, 4) is 0 Å². The smallest absolute Gasteiger partial charge is 0.226 e. The van der Waals surface area contributed by atoms with E-state index in [9.17, 15) is 4.79 Å². The van der Waals surface area contributed by atoms with Crippen molar-refractivity contribution >= 4 is 22.8 Å². The third-order valence-corrected chi connectivity index (χ3v) is 7.34. The number of nitrogens with zero attached hydrogens (tertiary/aromatic N) is 4. The molecule has 0 radical (unpaired) electrons. The molecule has 3 heterocycles. The minimum atomic E-state index is 0.0923. The molecule has 0 spiro atoms. The standard InChI is InChI=1S/C25H34N4O2/c1-17-22-14-19-6-5-7-20(19)15-23(22)27-25(26-17)29-11-9-18(10-12-29)24(30)28(2)16-21-8-3-4-13-31-21/h14-15,18,21H,3-13,16H2,1-2H3/t21-/m1/s1. The van der Waals surface area contributed by atoms with Crippen molar-refractivity contribution < 1.29 is 9.53 Å². The molecule has 6 nitrogen and oxygen atoms in total. The van der Waals surface area contributed by atoms with Gasteiger partial charge in [-0.3, -0.25) is 4.79 Å². The van der Waals surface area contributed by atoms with Crippen LogP contribution in [0.1, 0.15) is 55.3 Å². The van der Waals surface area contributed by atoms with Crippen molar-refractivity contribution in [2.75, 3.05) is 38.2 Å². The SMILES string of the molecule is Cc1nc(N2CCC(C(=O)N(C)C[C@H]3CCCCO3)CC2)nc2cc3c(cc12)CCC3. The third kappa shape index (κ3) is 4.27. The molecule has 5 rings (SSSR count). The number of anilines is 1. The Morgan fingerprint density at radius 3 is 2.61 bits per heavy atom. The number of fused-ring (bicyclic) bond motifs is 2. The summed E-state index contributed by atoms with van der Waals surface area (Å²) in [6.07, 6.45) is 8.93. The number of carbonyl (C=O) groups excluding carboxylic acids is 1. The molecular weight excluding hydrogens is 388 g/mol. The number of amides is 1. The zero-order valence-corrected chi connectivity index (χ0v) is 18.9. The van der Waals surface area contributed by atoms with Gasteiger partial charge in [-0.25, -0.2) is 9.97 Å². The predicted molar refractivity (Wildman–Crippen MR) is 122 cm³/mol. The van der Waals surface area contributed by atoms with Crippen molar-refractivity contribution in [3.63, 3.8) is 0 Å². The number of hydrogen-bond donors (Lipinski definition) is 0. The van der Waals surface area contributed by atoms with Gasteiger partial charge in [0.25, 0.3) is 0 Å². The summed E-state index contributed by atoms with van der Waals surface area (Å²) in [4.78, 5) is 26.9. The summed E-state index contributed by atoms with van der Waals surface area (Å²) in [5.41, 5.74) is 5.04.